The van der Waals surface area contributed by atoms with Gasteiger partial charge in [-0.05, 0) is 37.5 Å². The summed E-state index contributed by atoms with van der Waals surface area (Å²) >= 11 is 5.98. The molecule has 1 N–H and O–H groups in total. The molecule has 2 unspecified atom stereocenters. The van der Waals surface area contributed by atoms with Crippen LogP contribution in [0.5, 0.6) is 0 Å². The Labute approximate surface area is 106 Å². The van der Waals surface area contributed by atoms with E-state index in [0.29, 0.717) is 17.1 Å². The van der Waals surface area contributed by atoms with Crippen LogP contribution in [0, 0.1) is 5.82 Å². The van der Waals surface area contributed by atoms with Gasteiger partial charge in [0.15, 0.2) is 0 Å². The van der Waals surface area contributed by atoms with Crippen LogP contribution in [0.15, 0.2) is 18.2 Å². The van der Waals surface area contributed by atoms with Crippen molar-refractivity contribution in [2.45, 2.75) is 31.8 Å². The molecule has 1 saturated heterocycles. The third-order valence-corrected chi connectivity index (χ3v) is 3.34. The molecule has 0 radical (unpaired) electrons. The highest BCUT2D eigenvalue weighted by Gasteiger charge is 2.18. The van der Waals surface area contributed by atoms with Crippen molar-refractivity contribution in [1.82, 2.24) is 5.32 Å². The maximum atomic E-state index is 12.9. The van der Waals surface area contributed by atoms with Gasteiger partial charge < -0.3 is 10.1 Å². The first-order chi connectivity index (χ1) is 8.15. The second kappa shape index (κ2) is 5.80. The van der Waals surface area contributed by atoms with E-state index in [1.54, 1.807) is 6.07 Å². The molecule has 1 aromatic carbocycles. The Morgan fingerprint density at radius 3 is 3.00 bits per heavy atom. The number of rotatable bonds is 3. The quantitative estimate of drug-likeness (QED) is 0.899. The van der Waals surface area contributed by atoms with Crippen LogP contribution in [-0.4, -0.2) is 25.3 Å². The lowest BCUT2D eigenvalue weighted by molar-refractivity contribution is 0.0483. The van der Waals surface area contributed by atoms with Gasteiger partial charge in [0.25, 0.3) is 0 Å². The van der Waals surface area contributed by atoms with E-state index in [-0.39, 0.29) is 5.82 Å². The minimum atomic E-state index is -0.286. The molecule has 2 rings (SSSR count). The molecular weight excluding hydrogens is 241 g/mol. The van der Waals surface area contributed by atoms with Gasteiger partial charge in [-0.25, -0.2) is 4.39 Å². The zero-order valence-corrected chi connectivity index (χ0v) is 10.6. The average molecular weight is 258 g/mol. The highest BCUT2D eigenvalue weighted by molar-refractivity contribution is 6.31. The number of hydrogen-bond acceptors (Lipinski definition) is 2. The second-order valence-corrected chi connectivity index (χ2v) is 4.98. The van der Waals surface area contributed by atoms with Crippen LogP contribution < -0.4 is 5.32 Å². The maximum absolute atomic E-state index is 12.9. The average Bonchev–Trinajstić information content (AvgIpc) is 2.28. The van der Waals surface area contributed by atoms with E-state index in [0.717, 1.165) is 31.6 Å². The molecule has 0 amide bonds. The molecule has 2 nitrogen and oxygen atoms in total. The molecule has 0 spiro atoms. The van der Waals surface area contributed by atoms with Crippen molar-refractivity contribution in [1.29, 1.82) is 0 Å². The Kier molecular flexibility index (Phi) is 4.37. The smallest absolute Gasteiger partial charge is 0.124 e. The summed E-state index contributed by atoms with van der Waals surface area (Å²) in [5, 5.41) is 3.98. The molecule has 0 aliphatic carbocycles. The fraction of sp³-hybridized carbons (Fsp3) is 0.538. The van der Waals surface area contributed by atoms with Crippen molar-refractivity contribution >= 4 is 11.6 Å². The lowest BCUT2D eigenvalue weighted by Gasteiger charge is -2.29. The first kappa shape index (κ1) is 12.8. The summed E-state index contributed by atoms with van der Waals surface area (Å²) in [6.07, 6.45) is 1.79. The third-order valence-electron chi connectivity index (χ3n) is 2.98. The van der Waals surface area contributed by atoms with E-state index in [2.05, 4.69) is 12.2 Å². The van der Waals surface area contributed by atoms with Gasteiger partial charge in [-0.2, -0.15) is 0 Å². The Balaban J connectivity index is 1.88. The van der Waals surface area contributed by atoms with E-state index in [1.807, 2.05) is 0 Å². The fourth-order valence-corrected chi connectivity index (χ4v) is 2.37. The summed E-state index contributed by atoms with van der Waals surface area (Å²) < 4.78 is 18.4. The first-order valence-electron chi connectivity index (χ1n) is 5.93. The van der Waals surface area contributed by atoms with E-state index < -0.39 is 0 Å². The standard InChI is InChI=1S/C13H17ClFNO/c1-9-7-17-8-12(16-9)5-3-10-2-4-11(15)6-13(10)14/h2,4,6,9,12,16H,3,5,7-8H2,1H3. The molecule has 17 heavy (non-hydrogen) atoms. The summed E-state index contributed by atoms with van der Waals surface area (Å²) in [4.78, 5) is 0. The normalized spacial score (nSPS) is 24.9. The molecular formula is C13H17ClFNO. The highest BCUT2D eigenvalue weighted by Crippen LogP contribution is 2.19. The second-order valence-electron chi connectivity index (χ2n) is 4.58. The monoisotopic (exact) mass is 257 g/mol. The third kappa shape index (κ3) is 3.66. The Bertz CT molecular complexity index is 386. The zero-order valence-electron chi connectivity index (χ0n) is 9.88. The predicted octanol–water partition coefficient (Wildman–Crippen LogP) is 2.79. The van der Waals surface area contributed by atoms with Crippen LogP contribution in [-0.2, 0) is 11.2 Å². The maximum Gasteiger partial charge on any atom is 0.124 e. The van der Waals surface area contributed by atoms with Gasteiger partial charge in [-0.15, -0.1) is 0 Å². The summed E-state index contributed by atoms with van der Waals surface area (Å²) in [6, 6.07) is 5.33. The van der Waals surface area contributed by atoms with E-state index in [9.17, 15) is 4.39 Å². The number of benzene rings is 1. The van der Waals surface area contributed by atoms with Gasteiger partial charge in [-0.3, -0.25) is 0 Å². The number of hydrogen-bond donors (Lipinski definition) is 1. The van der Waals surface area contributed by atoms with Crippen molar-refractivity contribution < 1.29 is 9.13 Å². The largest absolute Gasteiger partial charge is 0.378 e. The number of morpholine rings is 1. The molecule has 0 saturated carbocycles. The van der Waals surface area contributed by atoms with Gasteiger partial charge in [0, 0.05) is 17.1 Å². The lowest BCUT2D eigenvalue weighted by atomic mass is 10.0. The van der Waals surface area contributed by atoms with Crippen molar-refractivity contribution in [3.8, 4) is 0 Å². The highest BCUT2D eigenvalue weighted by atomic mass is 35.5. The molecule has 1 aromatic rings. The van der Waals surface area contributed by atoms with E-state index >= 15 is 0 Å². The molecule has 0 aromatic heterocycles. The van der Waals surface area contributed by atoms with Crippen molar-refractivity contribution in [2.75, 3.05) is 13.2 Å². The summed E-state index contributed by atoms with van der Waals surface area (Å²) in [7, 11) is 0. The van der Waals surface area contributed by atoms with Crippen LogP contribution in [0.3, 0.4) is 0 Å². The summed E-state index contributed by atoms with van der Waals surface area (Å²) in [5.41, 5.74) is 0.994. The summed E-state index contributed by atoms with van der Waals surface area (Å²) in [5.74, 6) is -0.286. The van der Waals surface area contributed by atoms with Crippen LogP contribution in [0.1, 0.15) is 18.9 Å². The van der Waals surface area contributed by atoms with Crippen LogP contribution >= 0.6 is 11.6 Å². The van der Waals surface area contributed by atoms with Crippen molar-refractivity contribution in [3.63, 3.8) is 0 Å². The van der Waals surface area contributed by atoms with Gasteiger partial charge in [0.05, 0.1) is 13.2 Å². The van der Waals surface area contributed by atoms with Crippen molar-refractivity contribution in [3.05, 3.63) is 34.6 Å². The Hall–Kier alpha value is -0.640. The fourth-order valence-electron chi connectivity index (χ4n) is 2.11. The van der Waals surface area contributed by atoms with Crippen molar-refractivity contribution in [2.24, 2.45) is 0 Å². The predicted molar refractivity (Wildman–Crippen MR) is 66.9 cm³/mol. The van der Waals surface area contributed by atoms with Gasteiger partial charge >= 0.3 is 0 Å². The minimum Gasteiger partial charge on any atom is -0.378 e. The molecule has 1 heterocycles. The molecule has 94 valence electrons. The Morgan fingerprint density at radius 1 is 1.47 bits per heavy atom. The molecule has 1 aliphatic heterocycles. The minimum absolute atomic E-state index is 0.286. The molecule has 1 fully saturated rings. The summed E-state index contributed by atoms with van der Waals surface area (Å²) in [6.45, 7) is 3.62. The number of aryl methyl sites for hydroxylation is 1. The molecule has 0 bridgehead atoms. The molecule has 4 heteroatoms. The number of halogens is 2. The molecule has 1 aliphatic rings. The lowest BCUT2D eigenvalue weighted by Crippen LogP contribution is -2.47. The topological polar surface area (TPSA) is 21.3 Å². The molecule has 2 atom stereocenters. The number of nitrogens with one attached hydrogen (secondary N) is 1. The zero-order chi connectivity index (χ0) is 12.3. The van der Waals surface area contributed by atoms with Gasteiger partial charge in [0.2, 0.25) is 0 Å². The van der Waals surface area contributed by atoms with Gasteiger partial charge in [0.1, 0.15) is 5.82 Å². The Morgan fingerprint density at radius 2 is 2.29 bits per heavy atom. The van der Waals surface area contributed by atoms with Crippen LogP contribution in [0.4, 0.5) is 4.39 Å². The first-order valence-corrected chi connectivity index (χ1v) is 6.30. The van der Waals surface area contributed by atoms with E-state index in [1.165, 1.54) is 12.1 Å². The number of ether oxygens (including phenoxy) is 1. The van der Waals surface area contributed by atoms with Crippen LogP contribution in [0.25, 0.3) is 0 Å². The SMILES string of the molecule is CC1COCC(CCc2ccc(F)cc2Cl)N1. The van der Waals surface area contributed by atoms with Gasteiger partial charge in [-0.1, -0.05) is 17.7 Å². The van der Waals surface area contributed by atoms with Crippen LogP contribution in [0.2, 0.25) is 5.02 Å². The van der Waals surface area contributed by atoms with E-state index in [4.69, 9.17) is 16.3 Å².